The number of aliphatic hydroxyl groups is 1. The SMILES string of the molecule is O=S(=O)(CC#CCO)c1ccccc1. The zero-order chi connectivity index (χ0) is 10.4. The molecule has 74 valence electrons. The van der Waals surface area contributed by atoms with Crippen LogP contribution in [0.5, 0.6) is 0 Å². The van der Waals surface area contributed by atoms with Gasteiger partial charge in [-0.3, -0.25) is 0 Å². The first-order chi connectivity index (χ1) is 6.67. The number of aliphatic hydroxyl groups excluding tert-OH is 1. The van der Waals surface area contributed by atoms with Crippen molar-refractivity contribution in [1.29, 1.82) is 0 Å². The van der Waals surface area contributed by atoms with Crippen molar-refractivity contribution >= 4 is 9.84 Å². The average Bonchev–Trinajstić information content (AvgIpc) is 2.19. The van der Waals surface area contributed by atoms with Gasteiger partial charge in [-0.1, -0.05) is 30.0 Å². The van der Waals surface area contributed by atoms with Crippen molar-refractivity contribution in [2.75, 3.05) is 12.4 Å². The molecule has 0 heterocycles. The third-order valence-corrected chi connectivity index (χ3v) is 3.08. The number of hydrogen-bond acceptors (Lipinski definition) is 3. The highest BCUT2D eigenvalue weighted by atomic mass is 32.2. The highest BCUT2D eigenvalue weighted by Gasteiger charge is 2.10. The molecule has 1 N–H and O–H groups in total. The molecule has 0 atom stereocenters. The maximum Gasteiger partial charge on any atom is 0.189 e. The van der Waals surface area contributed by atoms with E-state index >= 15 is 0 Å². The summed E-state index contributed by atoms with van der Waals surface area (Å²) >= 11 is 0. The summed E-state index contributed by atoms with van der Waals surface area (Å²) in [6, 6.07) is 8.11. The molecule has 14 heavy (non-hydrogen) atoms. The lowest BCUT2D eigenvalue weighted by Gasteiger charge is -1.98. The molecule has 0 saturated carbocycles. The Morgan fingerprint density at radius 3 is 2.36 bits per heavy atom. The van der Waals surface area contributed by atoms with E-state index in [0.29, 0.717) is 0 Å². The van der Waals surface area contributed by atoms with Gasteiger partial charge in [-0.25, -0.2) is 8.42 Å². The Balaban J connectivity index is 2.87. The van der Waals surface area contributed by atoms with Crippen LogP contribution in [-0.2, 0) is 9.84 Å². The highest BCUT2D eigenvalue weighted by Crippen LogP contribution is 2.08. The summed E-state index contributed by atoms with van der Waals surface area (Å²) in [6.45, 7) is -0.315. The van der Waals surface area contributed by atoms with Crippen LogP contribution in [0, 0.1) is 11.8 Å². The van der Waals surface area contributed by atoms with Crippen LogP contribution >= 0.6 is 0 Å². The largest absolute Gasteiger partial charge is 0.384 e. The minimum atomic E-state index is -3.32. The Morgan fingerprint density at radius 1 is 1.14 bits per heavy atom. The van der Waals surface area contributed by atoms with E-state index < -0.39 is 9.84 Å². The van der Waals surface area contributed by atoms with Gasteiger partial charge >= 0.3 is 0 Å². The third-order valence-electron chi connectivity index (χ3n) is 1.57. The van der Waals surface area contributed by atoms with E-state index in [1.54, 1.807) is 18.2 Å². The summed E-state index contributed by atoms with van der Waals surface area (Å²) in [7, 11) is -3.32. The van der Waals surface area contributed by atoms with E-state index in [4.69, 9.17) is 5.11 Å². The van der Waals surface area contributed by atoms with Crippen molar-refractivity contribution in [2.45, 2.75) is 4.90 Å². The first kappa shape index (κ1) is 10.8. The summed E-state index contributed by atoms with van der Waals surface area (Å²) in [6.07, 6.45) is 0. The third kappa shape index (κ3) is 2.87. The Kier molecular flexibility index (Phi) is 3.69. The summed E-state index contributed by atoms with van der Waals surface area (Å²) in [5, 5.41) is 8.37. The molecule has 0 amide bonds. The number of rotatable bonds is 2. The zero-order valence-corrected chi connectivity index (χ0v) is 8.29. The molecule has 0 aliphatic heterocycles. The van der Waals surface area contributed by atoms with Gasteiger partial charge < -0.3 is 5.11 Å². The van der Waals surface area contributed by atoms with Crippen LogP contribution in [-0.4, -0.2) is 25.9 Å². The van der Waals surface area contributed by atoms with Crippen LogP contribution in [0.3, 0.4) is 0 Å². The van der Waals surface area contributed by atoms with Gasteiger partial charge in [0.2, 0.25) is 0 Å². The van der Waals surface area contributed by atoms with Crippen LogP contribution < -0.4 is 0 Å². The molecule has 0 unspecified atom stereocenters. The van der Waals surface area contributed by atoms with Crippen molar-refractivity contribution in [3.05, 3.63) is 30.3 Å². The van der Waals surface area contributed by atoms with Crippen LogP contribution in [0.25, 0.3) is 0 Å². The second kappa shape index (κ2) is 4.80. The smallest absolute Gasteiger partial charge is 0.189 e. The molecule has 1 rings (SSSR count). The molecule has 3 nitrogen and oxygen atoms in total. The molecule has 0 bridgehead atoms. The quantitative estimate of drug-likeness (QED) is 0.721. The summed E-state index contributed by atoms with van der Waals surface area (Å²) in [5.41, 5.74) is 0. The number of benzene rings is 1. The van der Waals surface area contributed by atoms with Crippen molar-refractivity contribution in [2.24, 2.45) is 0 Å². The van der Waals surface area contributed by atoms with Gasteiger partial charge in [0, 0.05) is 0 Å². The van der Waals surface area contributed by atoms with Crippen LogP contribution in [0.1, 0.15) is 0 Å². The van der Waals surface area contributed by atoms with E-state index in [9.17, 15) is 8.42 Å². The summed E-state index contributed by atoms with van der Waals surface area (Å²) in [4.78, 5) is 0.257. The maximum absolute atomic E-state index is 11.5. The van der Waals surface area contributed by atoms with Gasteiger partial charge in [0.1, 0.15) is 12.4 Å². The molecular formula is C10H10O3S. The van der Waals surface area contributed by atoms with Gasteiger partial charge in [0.25, 0.3) is 0 Å². The molecular weight excluding hydrogens is 200 g/mol. The Hall–Kier alpha value is -1.31. The number of hydrogen-bond donors (Lipinski definition) is 1. The minimum absolute atomic E-state index is 0.252. The first-order valence-corrected chi connectivity index (χ1v) is 5.66. The minimum Gasteiger partial charge on any atom is -0.384 e. The van der Waals surface area contributed by atoms with E-state index in [0.717, 1.165) is 0 Å². The normalized spacial score (nSPS) is 10.4. The van der Waals surface area contributed by atoms with Gasteiger partial charge in [-0.2, -0.15) is 0 Å². The van der Waals surface area contributed by atoms with Crippen molar-refractivity contribution in [1.82, 2.24) is 0 Å². The molecule has 0 saturated heterocycles. The summed E-state index contributed by atoms with van der Waals surface area (Å²) < 4.78 is 23.0. The second-order valence-corrected chi connectivity index (χ2v) is 4.57. The molecule has 0 radical (unpaired) electrons. The second-order valence-electron chi connectivity index (χ2n) is 2.58. The van der Waals surface area contributed by atoms with Gasteiger partial charge in [-0.05, 0) is 12.1 Å². The Morgan fingerprint density at radius 2 is 1.79 bits per heavy atom. The number of sulfone groups is 1. The van der Waals surface area contributed by atoms with E-state index in [-0.39, 0.29) is 17.3 Å². The zero-order valence-electron chi connectivity index (χ0n) is 7.47. The van der Waals surface area contributed by atoms with Gasteiger partial charge in [0.05, 0.1) is 4.90 Å². The predicted octanol–water partition coefficient (Wildman–Crippen LogP) is 0.456. The molecule has 4 heteroatoms. The predicted molar refractivity (Wildman–Crippen MR) is 53.4 cm³/mol. The molecule has 0 aliphatic rings. The Bertz CT molecular complexity index is 437. The lowest BCUT2D eigenvalue weighted by Crippen LogP contribution is -2.04. The van der Waals surface area contributed by atoms with Crippen LogP contribution in [0.15, 0.2) is 35.2 Å². The fourth-order valence-electron chi connectivity index (χ4n) is 0.913. The Labute approximate surface area is 83.3 Å². The molecule has 0 fully saturated rings. The van der Waals surface area contributed by atoms with E-state index in [1.165, 1.54) is 12.1 Å². The monoisotopic (exact) mass is 210 g/mol. The molecule has 0 aromatic heterocycles. The van der Waals surface area contributed by atoms with Crippen molar-refractivity contribution in [3.63, 3.8) is 0 Å². The van der Waals surface area contributed by atoms with E-state index in [1.807, 2.05) is 0 Å². The molecule has 0 spiro atoms. The fraction of sp³-hybridized carbons (Fsp3) is 0.200. The highest BCUT2D eigenvalue weighted by molar-refractivity contribution is 7.91. The average molecular weight is 210 g/mol. The van der Waals surface area contributed by atoms with Crippen molar-refractivity contribution in [3.8, 4) is 11.8 Å². The van der Waals surface area contributed by atoms with Crippen LogP contribution in [0.2, 0.25) is 0 Å². The van der Waals surface area contributed by atoms with Gasteiger partial charge in [0.15, 0.2) is 9.84 Å². The standard InChI is InChI=1S/C10H10O3S/c11-8-4-5-9-14(12,13)10-6-2-1-3-7-10/h1-3,6-7,11H,8-9H2. The fourth-order valence-corrected chi connectivity index (χ4v) is 1.94. The van der Waals surface area contributed by atoms with Gasteiger partial charge in [-0.15, -0.1) is 0 Å². The first-order valence-electron chi connectivity index (χ1n) is 4.01. The topological polar surface area (TPSA) is 54.4 Å². The van der Waals surface area contributed by atoms with Crippen LogP contribution in [0.4, 0.5) is 0 Å². The lowest BCUT2D eigenvalue weighted by atomic mass is 10.4. The van der Waals surface area contributed by atoms with Crippen molar-refractivity contribution < 1.29 is 13.5 Å². The lowest BCUT2D eigenvalue weighted by molar-refractivity contribution is 0.350. The molecule has 1 aromatic carbocycles. The molecule has 1 aromatic rings. The summed E-state index contributed by atoms with van der Waals surface area (Å²) in [5.74, 6) is 4.43. The van der Waals surface area contributed by atoms with E-state index in [2.05, 4.69) is 11.8 Å². The maximum atomic E-state index is 11.5. The molecule has 0 aliphatic carbocycles.